The first-order valence-corrected chi connectivity index (χ1v) is 15.7. The maximum absolute atomic E-state index is 12.2. The van der Waals surface area contributed by atoms with Gasteiger partial charge < -0.3 is 54.3 Å². The van der Waals surface area contributed by atoms with E-state index in [0.29, 0.717) is 6.42 Å². The van der Waals surface area contributed by atoms with Crippen molar-refractivity contribution in [3.05, 3.63) is 60.8 Å². The Kier molecular flexibility index (Phi) is 12.9. The van der Waals surface area contributed by atoms with Crippen molar-refractivity contribution in [2.75, 3.05) is 0 Å². The largest absolute Gasteiger partial charge is 0.481 e. The average Bonchev–Trinajstić information content (AvgIpc) is 3.69. The molecule has 13 atom stereocenters. The van der Waals surface area contributed by atoms with E-state index in [9.17, 15) is 40.2 Å². The van der Waals surface area contributed by atoms with Crippen LogP contribution in [0.1, 0.15) is 52.4 Å². The summed E-state index contributed by atoms with van der Waals surface area (Å²) in [6.07, 6.45) is 6.52. The highest BCUT2D eigenvalue weighted by atomic mass is 16.7. The van der Waals surface area contributed by atoms with Gasteiger partial charge in [-0.1, -0.05) is 48.6 Å². The lowest BCUT2D eigenvalue weighted by atomic mass is 9.83. The van der Waals surface area contributed by atoms with E-state index in [1.54, 1.807) is 56.4 Å². The summed E-state index contributed by atoms with van der Waals surface area (Å²) in [7, 11) is 0. The standard InChI is InChI=1S/C33H46O13/c1-19-10-8-6-4-3-5-7-9-11-22(44-32-24(36)16-23(35)20(2)43-32)15-28-30(31(39)40)25(37)18-33(41,46-28)17-21(34)14-27-26(45-27)12-13-29(38)42-19/h3-9,11-13,19-28,30,32,34-37,41H,10,14-18H2,1-2H3,(H,39,40)/b4-3+,7-5+,8-6+,11-9+,13-12+/t19-,20?,21?,22?,23+,24?,25+,26?,27?,28?,30?,32+,33?/m1/s1. The third-order valence-electron chi connectivity index (χ3n) is 8.37. The molecule has 3 fully saturated rings. The van der Waals surface area contributed by atoms with Crippen molar-refractivity contribution < 1.29 is 63.9 Å². The summed E-state index contributed by atoms with van der Waals surface area (Å²) in [6, 6.07) is 0. The first-order chi connectivity index (χ1) is 21.8. The fraction of sp³-hybridized carbons (Fsp3) is 0.636. The first-order valence-electron chi connectivity index (χ1n) is 15.7. The second-order valence-electron chi connectivity index (χ2n) is 12.4. The number of cyclic esters (lactones) is 1. The quantitative estimate of drug-likeness (QED) is 0.188. The molecule has 4 aliphatic heterocycles. The first kappa shape index (κ1) is 36.1. The molecule has 256 valence electrons. The highest BCUT2D eigenvalue weighted by Gasteiger charge is 2.51. The van der Waals surface area contributed by atoms with E-state index in [4.69, 9.17) is 23.7 Å². The van der Waals surface area contributed by atoms with Gasteiger partial charge in [0.15, 0.2) is 12.1 Å². The molecule has 4 heterocycles. The van der Waals surface area contributed by atoms with E-state index in [-0.39, 0.29) is 31.8 Å². The van der Waals surface area contributed by atoms with Gasteiger partial charge in [-0.3, -0.25) is 4.79 Å². The second kappa shape index (κ2) is 16.4. The number of allylic oxidation sites excluding steroid dienone is 6. The van der Waals surface area contributed by atoms with Gasteiger partial charge in [0.05, 0.1) is 42.7 Å². The van der Waals surface area contributed by atoms with Crippen molar-refractivity contribution in [2.45, 2.75) is 125 Å². The van der Waals surface area contributed by atoms with E-state index in [1.165, 1.54) is 6.08 Å². The molecule has 0 aromatic carbocycles. The van der Waals surface area contributed by atoms with Crippen LogP contribution in [0, 0.1) is 5.92 Å². The van der Waals surface area contributed by atoms with Gasteiger partial charge in [-0.05, 0) is 19.9 Å². The van der Waals surface area contributed by atoms with Crippen molar-refractivity contribution in [1.82, 2.24) is 0 Å². The zero-order valence-electron chi connectivity index (χ0n) is 26.0. The summed E-state index contributed by atoms with van der Waals surface area (Å²) >= 11 is 0. The number of esters is 1. The van der Waals surface area contributed by atoms with Crippen LogP contribution in [0.5, 0.6) is 0 Å². The fourth-order valence-corrected chi connectivity index (χ4v) is 5.89. The normalized spacial score (nSPS) is 46.4. The molecule has 0 saturated carbocycles. The Bertz CT molecular complexity index is 1180. The summed E-state index contributed by atoms with van der Waals surface area (Å²) < 4.78 is 28.5. The number of carboxylic acid groups (broad SMARTS) is 1. The van der Waals surface area contributed by atoms with Crippen LogP contribution >= 0.6 is 0 Å². The minimum atomic E-state index is -2.07. The van der Waals surface area contributed by atoms with Crippen molar-refractivity contribution >= 4 is 11.9 Å². The van der Waals surface area contributed by atoms with Gasteiger partial charge in [0.1, 0.15) is 24.2 Å². The summed E-state index contributed by atoms with van der Waals surface area (Å²) in [6.45, 7) is 3.41. The zero-order valence-corrected chi connectivity index (χ0v) is 26.0. The maximum Gasteiger partial charge on any atom is 0.330 e. The molecule has 0 aliphatic carbocycles. The lowest BCUT2D eigenvalue weighted by molar-refractivity contribution is -0.307. The second-order valence-corrected chi connectivity index (χ2v) is 12.4. The molecule has 0 aromatic rings. The number of rotatable bonds is 3. The Balaban J connectivity index is 1.57. The van der Waals surface area contributed by atoms with Gasteiger partial charge >= 0.3 is 11.9 Å². The van der Waals surface area contributed by atoms with Crippen LogP contribution in [0.3, 0.4) is 0 Å². The molecular weight excluding hydrogens is 604 g/mol. The van der Waals surface area contributed by atoms with Gasteiger partial charge in [-0.25, -0.2) is 4.79 Å². The van der Waals surface area contributed by atoms with Crippen LogP contribution in [-0.4, -0.2) is 116 Å². The topological polar surface area (TPSA) is 205 Å². The number of ether oxygens (including phenoxy) is 5. The number of epoxide rings is 1. The SMILES string of the molecule is CC1O[C@@H](OC2/C=C/C=C/C=C/C=C/C[C@@H](C)OC(=O)/C=C/C3OC3CC(O)CC3(O)C[C@H](O)C(C(=O)O)C(C2)O3)C(O)C[C@@H]1O. The monoisotopic (exact) mass is 650 g/mol. The average molecular weight is 651 g/mol. The minimum absolute atomic E-state index is 0.0110. The smallest absolute Gasteiger partial charge is 0.330 e. The van der Waals surface area contributed by atoms with Gasteiger partial charge in [0.2, 0.25) is 0 Å². The Labute approximate surface area is 268 Å². The molecule has 13 heteroatoms. The summed E-state index contributed by atoms with van der Waals surface area (Å²) in [5.74, 6) is -5.36. The van der Waals surface area contributed by atoms with Gasteiger partial charge in [-0.2, -0.15) is 0 Å². The molecule has 46 heavy (non-hydrogen) atoms. The molecule has 13 nitrogen and oxygen atoms in total. The minimum Gasteiger partial charge on any atom is -0.481 e. The van der Waals surface area contributed by atoms with Crippen LogP contribution in [0.4, 0.5) is 0 Å². The van der Waals surface area contributed by atoms with Crippen molar-refractivity contribution in [3.63, 3.8) is 0 Å². The molecule has 3 saturated heterocycles. The fourth-order valence-electron chi connectivity index (χ4n) is 5.89. The third-order valence-corrected chi connectivity index (χ3v) is 8.37. The number of aliphatic carboxylic acids is 1. The Morgan fingerprint density at radius 3 is 2.33 bits per heavy atom. The van der Waals surface area contributed by atoms with Crippen molar-refractivity contribution in [3.8, 4) is 0 Å². The Hall–Kier alpha value is -2.72. The summed E-state index contributed by atoms with van der Waals surface area (Å²) in [5.41, 5.74) is 0. The lowest BCUT2D eigenvalue weighted by Crippen LogP contribution is -2.56. The molecule has 0 aromatic heterocycles. The molecule has 6 N–H and O–H groups in total. The number of hydrogen-bond donors (Lipinski definition) is 6. The van der Waals surface area contributed by atoms with Gasteiger partial charge in [0.25, 0.3) is 0 Å². The van der Waals surface area contributed by atoms with E-state index in [0.717, 1.165) is 0 Å². The molecule has 2 bridgehead atoms. The Morgan fingerprint density at radius 2 is 1.59 bits per heavy atom. The number of aliphatic hydroxyl groups is 5. The third kappa shape index (κ3) is 10.7. The summed E-state index contributed by atoms with van der Waals surface area (Å²) in [5, 5.41) is 63.6. The summed E-state index contributed by atoms with van der Waals surface area (Å²) in [4.78, 5) is 24.4. The van der Waals surface area contributed by atoms with Crippen LogP contribution in [0.25, 0.3) is 0 Å². The molecule has 4 rings (SSSR count). The number of carbonyl (C=O) groups excluding carboxylic acids is 1. The highest BCUT2D eigenvalue weighted by Crippen LogP contribution is 2.39. The molecule has 0 spiro atoms. The molecule has 0 amide bonds. The molecule has 4 aliphatic rings. The number of carboxylic acids is 1. The van der Waals surface area contributed by atoms with E-state index in [1.807, 2.05) is 12.2 Å². The van der Waals surface area contributed by atoms with Crippen LogP contribution < -0.4 is 0 Å². The van der Waals surface area contributed by atoms with Gasteiger partial charge in [-0.15, -0.1) is 0 Å². The number of fused-ring (bicyclic) bond motifs is 3. The molecule has 9 unspecified atom stereocenters. The van der Waals surface area contributed by atoms with Gasteiger partial charge in [0, 0.05) is 44.6 Å². The predicted molar refractivity (Wildman–Crippen MR) is 162 cm³/mol. The van der Waals surface area contributed by atoms with Crippen molar-refractivity contribution in [1.29, 1.82) is 0 Å². The predicted octanol–water partition coefficient (Wildman–Crippen LogP) is 1.18. The lowest BCUT2D eigenvalue weighted by Gasteiger charge is -2.44. The molecule has 0 radical (unpaired) electrons. The Morgan fingerprint density at radius 1 is 0.870 bits per heavy atom. The van der Waals surface area contributed by atoms with E-state index in [2.05, 4.69) is 0 Å². The highest BCUT2D eigenvalue weighted by molar-refractivity contribution is 5.82. The van der Waals surface area contributed by atoms with Crippen LogP contribution in [-0.2, 0) is 33.3 Å². The van der Waals surface area contributed by atoms with Crippen molar-refractivity contribution in [2.24, 2.45) is 5.92 Å². The van der Waals surface area contributed by atoms with Crippen LogP contribution in [0.2, 0.25) is 0 Å². The van der Waals surface area contributed by atoms with E-state index >= 15 is 0 Å². The van der Waals surface area contributed by atoms with E-state index < -0.39 is 91.3 Å². The number of carbonyl (C=O) groups is 2. The molecular formula is C33H46O13. The van der Waals surface area contributed by atoms with Crippen LogP contribution in [0.15, 0.2) is 60.8 Å². The number of aliphatic hydroxyl groups excluding tert-OH is 4. The number of hydrogen-bond acceptors (Lipinski definition) is 12. The maximum atomic E-state index is 12.2. The zero-order chi connectivity index (χ0) is 33.4.